The van der Waals surface area contributed by atoms with Gasteiger partial charge in [0.05, 0.1) is 5.92 Å². The number of benzene rings is 2. The molecule has 0 bridgehead atoms. The van der Waals surface area contributed by atoms with Crippen molar-refractivity contribution in [2.24, 2.45) is 0 Å². The molecule has 18 heavy (non-hydrogen) atoms. The molecule has 0 fully saturated rings. The van der Waals surface area contributed by atoms with Gasteiger partial charge in [-0.1, -0.05) is 37.3 Å². The number of carboxylic acid groups (broad SMARTS) is 1. The lowest BCUT2D eigenvalue weighted by Crippen LogP contribution is -2.11. The summed E-state index contributed by atoms with van der Waals surface area (Å²) in [6.07, 6.45) is 0.613. The summed E-state index contributed by atoms with van der Waals surface area (Å²) in [5.74, 6) is -1.17. The van der Waals surface area contributed by atoms with Crippen LogP contribution in [0.4, 0.5) is 0 Å². The predicted molar refractivity (Wildman–Crippen MR) is 74.1 cm³/mol. The van der Waals surface area contributed by atoms with E-state index in [-0.39, 0.29) is 0 Å². The first kappa shape index (κ1) is 12.6. The maximum absolute atomic E-state index is 11.4. The van der Waals surface area contributed by atoms with Gasteiger partial charge in [-0.15, -0.1) is 0 Å². The largest absolute Gasteiger partial charge is 0.481 e. The molecule has 0 aliphatic rings. The number of hydrogen-bond acceptors (Lipinski definition) is 1. The van der Waals surface area contributed by atoms with Gasteiger partial charge in [0.25, 0.3) is 0 Å². The van der Waals surface area contributed by atoms with Crippen LogP contribution in [-0.2, 0) is 4.79 Å². The molecule has 0 saturated carbocycles. The van der Waals surface area contributed by atoms with Crippen molar-refractivity contribution in [3.63, 3.8) is 0 Å². The zero-order valence-electron chi connectivity index (χ0n) is 11.0. The smallest absolute Gasteiger partial charge is 0.310 e. The Hall–Kier alpha value is -1.83. The first-order valence-electron chi connectivity index (χ1n) is 6.28. The van der Waals surface area contributed by atoms with E-state index < -0.39 is 11.9 Å². The molecular weight excluding hydrogens is 224 g/mol. The Kier molecular flexibility index (Phi) is 3.37. The van der Waals surface area contributed by atoms with Crippen LogP contribution in [0.1, 0.15) is 36.0 Å². The van der Waals surface area contributed by atoms with Gasteiger partial charge in [-0.25, -0.2) is 0 Å². The number of carboxylic acids is 1. The summed E-state index contributed by atoms with van der Waals surface area (Å²) in [5, 5.41) is 11.6. The third-order valence-corrected chi connectivity index (χ3v) is 3.58. The van der Waals surface area contributed by atoms with Crippen LogP contribution in [0.5, 0.6) is 0 Å². The van der Waals surface area contributed by atoms with Gasteiger partial charge in [-0.2, -0.15) is 0 Å². The van der Waals surface area contributed by atoms with E-state index in [1.54, 1.807) is 0 Å². The molecule has 0 aromatic heterocycles. The maximum atomic E-state index is 11.4. The summed E-state index contributed by atoms with van der Waals surface area (Å²) in [5.41, 5.74) is 3.27. The Morgan fingerprint density at radius 1 is 1.17 bits per heavy atom. The first-order chi connectivity index (χ1) is 8.56. The lowest BCUT2D eigenvalue weighted by molar-refractivity contribution is -0.138. The Morgan fingerprint density at radius 2 is 1.83 bits per heavy atom. The van der Waals surface area contributed by atoms with Crippen molar-refractivity contribution < 1.29 is 9.90 Å². The molecule has 0 heterocycles. The van der Waals surface area contributed by atoms with Crippen molar-refractivity contribution >= 4 is 16.7 Å². The summed E-state index contributed by atoms with van der Waals surface area (Å²) in [4.78, 5) is 11.4. The minimum absolute atomic E-state index is 0.422. The van der Waals surface area contributed by atoms with E-state index in [1.807, 2.05) is 26.0 Å². The van der Waals surface area contributed by atoms with Crippen LogP contribution in [0.3, 0.4) is 0 Å². The highest BCUT2D eigenvalue weighted by molar-refractivity contribution is 5.94. The second kappa shape index (κ2) is 4.81. The van der Waals surface area contributed by atoms with Crippen LogP contribution >= 0.6 is 0 Å². The SMILES string of the molecule is CC[C@@H](C(=O)O)c1cccc2c(C)ccc(C)c12. The van der Waals surface area contributed by atoms with E-state index in [1.165, 1.54) is 5.56 Å². The molecule has 0 saturated heterocycles. The second-order valence-electron chi connectivity index (χ2n) is 4.77. The molecule has 0 radical (unpaired) electrons. The Morgan fingerprint density at radius 3 is 2.44 bits per heavy atom. The third-order valence-electron chi connectivity index (χ3n) is 3.58. The maximum Gasteiger partial charge on any atom is 0.310 e. The van der Waals surface area contributed by atoms with Gasteiger partial charge in [-0.05, 0) is 47.7 Å². The van der Waals surface area contributed by atoms with E-state index in [2.05, 4.69) is 25.1 Å². The van der Waals surface area contributed by atoms with Crippen molar-refractivity contribution in [1.82, 2.24) is 0 Å². The van der Waals surface area contributed by atoms with E-state index in [0.717, 1.165) is 21.9 Å². The monoisotopic (exact) mass is 242 g/mol. The predicted octanol–water partition coefficient (Wildman–Crippen LogP) is 4.03. The minimum Gasteiger partial charge on any atom is -0.481 e. The molecule has 2 aromatic rings. The Labute approximate surface area is 107 Å². The highest BCUT2D eigenvalue weighted by Crippen LogP contribution is 2.32. The molecule has 2 rings (SSSR count). The molecule has 2 nitrogen and oxygen atoms in total. The number of hydrogen-bond donors (Lipinski definition) is 1. The van der Waals surface area contributed by atoms with E-state index in [0.29, 0.717) is 6.42 Å². The van der Waals surface area contributed by atoms with Crippen LogP contribution in [0.25, 0.3) is 10.8 Å². The number of rotatable bonds is 3. The number of aryl methyl sites for hydroxylation is 2. The fourth-order valence-electron chi connectivity index (χ4n) is 2.58. The first-order valence-corrected chi connectivity index (χ1v) is 6.28. The highest BCUT2D eigenvalue weighted by atomic mass is 16.4. The zero-order chi connectivity index (χ0) is 13.3. The molecule has 2 aromatic carbocycles. The fraction of sp³-hybridized carbons (Fsp3) is 0.312. The lowest BCUT2D eigenvalue weighted by atomic mass is 9.88. The molecule has 0 spiro atoms. The third kappa shape index (κ3) is 1.99. The Balaban J connectivity index is 2.79. The standard InChI is InChI=1S/C16H18O2/c1-4-12(16(17)18)14-7-5-6-13-10(2)8-9-11(3)15(13)14/h5-9,12H,4H2,1-3H3,(H,17,18)/t12-/m1/s1. The molecule has 1 atom stereocenters. The van der Waals surface area contributed by atoms with Crippen LogP contribution in [0.2, 0.25) is 0 Å². The van der Waals surface area contributed by atoms with E-state index >= 15 is 0 Å². The van der Waals surface area contributed by atoms with E-state index in [9.17, 15) is 9.90 Å². The van der Waals surface area contributed by atoms with Crippen LogP contribution in [-0.4, -0.2) is 11.1 Å². The molecule has 0 aliphatic carbocycles. The summed E-state index contributed by atoms with van der Waals surface area (Å²) < 4.78 is 0. The molecule has 2 heteroatoms. The average molecular weight is 242 g/mol. The quantitative estimate of drug-likeness (QED) is 0.882. The van der Waals surface area contributed by atoms with Gasteiger partial charge in [0.2, 0.25) is 0 Å². The molecule has 0 amide bonds. The fourth-order valence-corrected chi connectivity index (χ4v) is 2.58. The van der Waals surface area contributed by atoms with Crippen molar-refractivity contribution in [1.29, 1.82) is 0 Å². The zero-order valence-corrected chi connectivity index (χ0v) is 11.0. The van der Waals surface area contributed by atoms with Crippen LogP contribution < -0.4 is 0 Å². The van der Waals surface area contributed by atoms with Gasteiger partial charge >= 0.3 is 5.97 Å². The molecule has 0 aliphatic heterocycles. The topological polar surface area (TPSA) is 37.3 Å². The minimum atomic E-state index is -0.745. The number of carbonyl (C=O) groups is 1. The summed E-state index contributed by atoms with van der Waals surface area (Å²) >= 11 is 0. The van der Waals surface area contributed by atoms with Gasteiger partial charge in [-0.3, -0.25) is 4.79 Å². The highest BCUT2D eigenvalue weighted by Gasteiger charge is 2.20. The van der Waals surface area contributed by atoms with Crippen molar-refractivity contribution in [3.8, 4) is 0 Å². The normalized spacial score (nSPS) is 12.6. The Bertz CT molecular complexity index is 599. The lowest BCUT2D eigenvalue weighted by Gasteiger charge is -2.16. The van der Waals surface area contributed by atoms with Gasteiger partial charge in [0, 0.05) is 0 Å². The van der Waals surface area contributed by atoms with Gasteiger partial charge in [0.15, 0.2) is 0 Å². The van der Waals surface area contributed by atoms with Gasteiger partial charge < -0.3 is 5.11 Å². The second-order valence-corrected chi connectivity index (χ2v) is 4.77. The van der Waals surface area contributed by atoms with Gasteiger partial charge in [0.1, 0.15) is 0 Å². The number of fused-ring (bicyclic) bond motifs is 1. The van der Waals surface area contributed by atoms with Crippen molar-refractivity contribution in [3.05, 3.63) is 47.0 Å². The molecule has 94 valence electrons. The average Bonchev–Trinajstić information content (AvgIpc) is 2.34. The summed E-state index contributed by atoms with van der Waals surface area (Å²) in [6.45, 7) is 6.02. The van der Waals surface area contributed by atoms with E-state index in [4.69, 9.17) is 0 Å². The summed E-state index contributed by atoms with van der Waals surface area (Å²) in [7, 11) is 0. The molecule has 1 N–H and O–H groups in total. The summed E-state index contributed by atoms with van der Waals surface area (Å²) in [6, 6.07) is 10.1. The van der Waals surface area contributed by atoms with Crippen LogP contribution in [0.15, 0.2) is 30.3 Å². The number of aliphatic carboxylic acids is 1. The molecular formula is C16H18O2. The molecule has 0 unspecified atom stereocenters. The van der Waals surface area contributed by atoms with Crippen LogP contribution in [0, 0.1) is 13.8 Å². The van der Waals surface area contributed by atoms with Crippen molar-refractivity contribution in [2.45, 2.75) is 33.1 Å². The van der Waals surface area contributed by atoms with Crippen molar-refractivity contribution in [2.75, 3.05) is 0 Å².